The van der Waals surface area contributed by atoms with E-state index >= 15 is 0 Å². The average Bonchev–Trinajstić information content (AvgIpc) is 3.51. The first kappa shape index (κ1) is 17.6. The summed E-state index contributed by atoms with van der Waals surface area (Å²) in [6.07, 6.45) is 7.45. The van der Waals surface area contributed by atoms with E-state index < -0.39 is 0 Å². The van der Waals surface area contributed by atoms with E-state index in [1.54, 1.807) is 29.1 Å². The van der Waals surface area contributed by atoms with E-state index in [0.29, 0.717) is 6.10 Å². The standard InChI is InChI=1S/C22H21N5O2/c1-13-17(6-4-7-19(13)29-16-8-9-16)20-14(2)18-12-25-27(21-23-10-5-11-24-21)22(28)26(18)15(20)3/h4-7,10-12,16H,8-9H2,1-3H3. The van der Waals surface area contributed by atoms with Crippen molar-refractivity contribution in [2.24, 2.45) is 0 Å². The molecule has 0 amide bonds. The molecule has 0 spiro atoms. The lowest BCUT2D eigenvalue weighted by Crippen LogP contribution is -2.29. The Labute approximate surface area is 167 Å². The molecular weight excluding hydrogens is 366 g/mol. The van der Waals surface area contributed by atoms with Gasteiger partial charge in [-0.25, -0.2) is 14.8 Å². The number of benzene rings is 1. The third-order valence-corrected chi connectivity index (χ3v) is 5.48. The highest BCUT2D eigenvalue weighted by Gasteiger charge is 2.25. The predicted octanol–water partition coefficient (Wildman–Crippen LogP) is 3.41. The molecule has 0 saturated heterocycles. The van der Waals surface area contributed by atoms with Gasteiger partial charge in [-0.2, -0.15) is 5.10 Å². The van der Waals surface area contributed by atoms with Crippen LogP contribution < -0.4 is 10.4 Å². The molecule has 1 aliphatic rings. The van der Waals surface area contributed by atoms with Crippen LogP contribution in [0.3, 0.4) is 0 Å². The molecule has 1 aliphatic carbocycles. The van der Waals surface area contributed by atoms with Gasteiger partial charge in [-0.1, -0.05) is 12.1 Å². The van der Waals surface area contributed by atoms with Gasteiger partial charge in [-0.05, 0) is 62.4 Å². The second kappa shape index (κ2) is 6.55. The van der Waals surface area contributed by atoms with Gasteiger partial charge in [0.1, 0.15) is 5.75 Å². The summed E-state index contributed by atoms with van der Waals surface area (Å²) in [6, 6.07) is 7.81. The zero-order valence-corrected chi connectivity index (χ0v) is 16.6. The quantitative estimate of drug-likeness (QED) is 0.536. The Morgan fingerprint density at radius 2 is 1.79 bits per heavy atom. The number of ether oxygens (including phenoxy) is 1. The second-order valence-corrected chi connectivity index (χ2v) is 7.44. The van der Waals surface area contributed by atoms with Gasteiger partial charge < -0.3 is 4.74 Å². The maximum absolute atomic E-state index is 13.2. The van der Waals surface area contributed by atoms with Crippen LogP contribution in [0.15, 0.2) is 47.7 Å². The molecule has 1 saturated carbocycles. The Morgan fingerprint density at radius 1 is 1.03 bits per heavy atom. The Bertz CT molecular complexity index is 1290. The fourth-order valence-electron chi connectivity index (χ4n) is 3.83. The molecule has 0 bridgehead atoms. The first-order valence-electron chi connectivity index (χ1n) is 9.70. The minimum atomic E-state index is -0.288. The molecule has 5 rings (SSSR count). The van der Waals surface area contributed by atoms with E-state index in [1.165, 1.54) is 4.68 Å². The highest BCUT2D eigenvalue weighted by atomic mass is 16.5. The van der Waals surface area contributed by atoms with Crippen LogP contribution in [-0.2, 0) is 0 Å². The smallest absolute Gasteiger partial charge is 0.356 e. The van der Waals surface area contributed by atoms with Crippen molar-refractivity contribution < 1.29 is 4.74 Å². The lowest BCUT2D eigenvalue weighted by molar-refractivity contribution is 0.301. The van der Waals surface area contributed by atoms with E-state index in [1.807, 2.05) is 26.0 Å². The van der Waals surface area contributed by atoms with E-state index in [9.17, 15) is 4.79 Å². The molecule has 1 aromatic carbocycles. The molecule has 0 N–H and O–H groups in total. The molecule has 4 aromatic rings. The lowest BCUT2D eigenvalue weighted by Gasteiger charge is -2.13. The van der Waals surface area contributed by atoms with E-state index in [4.69, 9.17) is 4.74 Å². The zero-order chi connectivity index (χ0) is 20.1. The van der Waals surface area contributed by atoms with Crippen LogP contribution in [0.5, 0.6) is 5.75 Å². The maximum atomic E-state index is 13.2. The summed E-state index contributed by atoms with van der Waals surface area (Å²) in [5.41, 5.74) is 5.56. The topological polar surface area (TPSA) is 74.3 Å². The van der Waals surface area contributed by atoms with Gasteiger partial charge in [0, 0.05) is 23.7 Å². The molecular formula is C22H21N5O2. The lowest BCUT2D eigenvalue weighted by atomic mass is 9.97. The third kappa shape index (κ3) is 2.81. The minimum absolute atomic E-state index is 0.253. The summed E-state index contributed by atoms with van der Waals surface area (Å²) in [5.74, 6) is 1.16. The Morgan fingerprint density at radius 3 is 2.52 bits per heavy atom. The van der Waals surface area contributed by atoms with Crippen LogP contribution in [0.4, 0.5) is 0 Å². The fourth-order valence-corrected chi connectivity index (χ4v) is 3.83. The Balaban J connectivity index is 1.72. The normalized spacial score (nSPS) is 13.8. The third-order valence-electron chi connectivity index (χ3n) is 5.48. The number of nitrogens with zero attached hydrogens (tertiary/aromatic N) is 5. The summed E-state index contributed by atoms with van der Waals surface area (Å²) in [5, 5.41) is 4.31. The van der Waals surface area contributed by atoms with Crippen molar-refractivity contribution in [2.75, 3.05) is 0 Å². The van der Waals surface area contributed by atoms with Gasteiger partial charge in [0.05, 0.1) is 17.8 Å². The van der Waals surface area contributed by atoms with Gasteiger partial charge in [0.2, 0.25) is 0 Å². The van der Waals surface area contributed by atoms with Crippen molar-refractivity contribution in [1.29, 1.82) is 0 Å². The highest BCUT2D eigenvalue weighted by Crippen LogP contribution is 2.38. The van der Waals surface area contributed by atoms with E-state index in [-0.39, 0.29) is 11.6 Å². The number of rotatable bonds is 4. The SMILES string of the molecule is Cc1c(OC2CC2)cccc1-c1c(C)c2cnn(-c3ncccn3)c(=O)n2c1C. The summed E-state index contributed by atoms with van der Waals surface area (Å²) < 4.78 is 8.98. The number of hydrogen-bond acceptors (Lipinski definition) is 5. The predicted molar refractivity (Wildman–Crippen MR) is 110 cm³/mol. The molecule has 3 aromatic heterocycles. The minimum Gasteiger partial charge on any atom is -0.490 e. The Kier molecular flexibility index (Phi) is 3.97. The van der Waals surface area contributed by atoms with Crippen LogP contribution in [0.2, 0.25) is 0 Å². The van der Waals surface area contributed by atoms with Crippen molar-refractivity contribution in [3.63, 3.8) is 0 Å². The summed E-state index contributed by atoms with van der Waals surface area (Å²) in [7, 11) is 0. The number of aromatic nitrogens is 5. The molecule has 0 unspecified atom stereocenters. The molecule has 29 heavy (non-hydrogen) atoms. The van der Waals surface area contributed by atoms with Crippen molar-refractivity contribution in [3.8, 4) is 22.8 Å². The highest BCUT2D eigenvalue weighted by molar-refractivity contribution is 5.81. The van der Waals surface area contributed by atoms with Gasteiger partial charge in [-0.3, -0.25) is 4.40 Å². The summed E-state index contributed by atoms with van der Waals surface area (Å²) in [6.45, 7) is 6.05. The molecule has 7 heteroatoms. The second-order valence-electron chi connectivity index (χ2n) is 7.44. The number of aryl methyl sites for hydroxylation is 2. The van der Waals surface area contributed by atoms with Gasteiger partial charge in [0.25, 0.3) is 5.95 Å². The number of fused-ring (bicyclic) bond motifs is 1. The van der Waals surface area contributed by atoms with Crippen LogP contribution >= 0.6 is 0 Å². The van der Waals surface area contributed by atoms with Crippen molar-refractivity contribution in [2.45, 2.75) is 39.7 Å². The summed E-state index contributed by atoms with van der Waals surface area (Å²) >= 11 is 0. The monoisotopic (exact) mass is 387 g/mol. The number of hydrogen-bond donors (Lipinski definition) is 0. The Hall–Kier alpha value is -3.48. The molecule has 146 valence electrons. The van der Waals surface area contributed by atoms with Gasteiger partial charge in [0.15, 0.2) is 0 Å². The molecule has 7 nitrogen and oxygen atoms in total. The molecule has 3 heterocycles. The van der Waals surface area contributed by atoms with Crippen LogP contribution in [0.25, 0.3) is 22.6 Å². The largest absolute Gasteiger partial charge is 0.490 e. The molecule has 0 aliphatic heterocycles. The molecule has 1 fully saturated rings. The fraction of sp³-hybridized carbons (Fsp3) is 0.273. The summed E-state index contributed by atoms with van der Waals surface area (Å²) in [4.78, 5) is 21.5. The van der Waals surface area contributed by atoms with E-state index in [0.717, 1.165) is 52.1 Å². The van der Waals surface area contributed by atoms with E-state index in [2.05, 4.69) is 28.1 Å². The maximum Gasteiger partial charge on any atom is 0.356 e. The first-order chi connectivity index (χ1) is 14.1. The van der Waals surface area contributed by atoms with Crippen LogP contribution in [0, 0.1) is 20.8 Å². The first-order valence-corrected chi connectivity index (χ1v) is 9.70. The molecule has 0 atom stereocenters. The van der Waals surface area contributed by atoms with Crippen LogP contribution in [-0.4, -0.2) is 30.3 Å². The van der Waals surface area contributed by atoms with Gasteiger partial charge >= 0.3 is 5.69 Å². The average molecular weight is 387 g/mol. The van der Waals surface area contributed by atoms with Crippen LogP contribution in [0.1, 0.15) is 29.7 Å². The van der Waals surface area contributed by atoms with Crippen molar-refractivity contribution >= 4 is 5.52 Å². The van der Waals surface area contributed by atoms with Crippen molar-refractivity contribution in [3.05, 3.63) is 70.2 Å². The molecule has 0 radical (unpaired) electrons. The van der Waals surface area contributed by atoms with Crippen molar-refractivity contribution in [1.82, 2.24) is 24.1 Å². The zero-order valence-electron chi connectivity index (χ0n) is 16.6. The van der Waals surface area contributed by atoms with Gasteiger partial charge in [-0.15, -0.1) is 4.68 Å².